The maximum atomic E-state index is 3.83. The van der Waals surface area contributed by atoms with Crippen LogP contribution in [0.25, 0.3) is 0 Å². The third-order valence-corrected chi connectivity index (χ3v) is 2.76. The van der Waals surface area contributed by atoms with E-state index in [9.17, 15) is 0 Å². The molecule has 1 aromatic carbocycles. The zero-order valence-corrected chi connectivity index (χ0v) is 8.89. The quantitative estimate of drug-likeness (QED) is 0.849. The van der Waals surface area contributed by atoms with Gasteiger partial charge < -0.3 is 0 Å². The fourth-order valence-corrected chi connectivity index (χ4v) is 1.65. The van der Waals surface area contributed by atoms with Crippen molar-refractivity contribution in [1.29, 1.82) is 0 Å². The van der Waals surface area contributed by atoms with Gasteiger partial charge in [0.25, 0.3) is 0 Å². The highest BCUT2D eigenvalue weighted by Gasteiger charge is 2.02. The van der Waals surface area contributed by atoms with Crippen molar-refractivity contribution in [3.8, 4) is 0 Å². The molecule has 5 heteroatoms. The topological polar surface area (TPSA) is 54.5 Å². The standard InChI is InChI=1S/C8H7IN4/c9-7-4-2-1-3-6(7)5-8-10-12-13-11-8/h1-4H,5H2,(H,10,11,12,13). The molecular formula is C8H7IN4. The zero-order chi connectivity index (χ0) is 9.10. The number of nitrogens with one attached hydrogen (secondary N) is 1. The molecule has 0 amide bonds. The molecule has 0 aliphatic heterocycles. The number of aromatic nitrogens is 4. The molecule has 4 nitrogen and oxygen atoms in total. The highest BCUT2D eigenvalue weighted by atomic mass is 127. The third-order valence-electron chi connectivity index (χ3n) is 1.70. The Labute approximate surface area is 88.9 Å². The van der Waals surface area contributed by atoms with E-state index in [1.165, 1.54) is 9.13 Å². The minimum Gasteiger partial charge on any atom is -0.243 e. The summed E-state index contributed by atoms with van der Waals surface area (Å²) in [6, 6.07) is 8.18. The van der Waals surface area contributed by atoms with Gasteiger partial charge in [-0.05, 0) is 44.6 Å². The average Bonchev–Trinajstić information content (AvgIpc) is 2.61. The lowest BCUT2D eigenvalue weighted by molar-refractivity contribution is 0.881. The first-order chi connectivity index (χ1) is 6.36. The number of halogens is 1. The van der Waals surface area contributed by atoms with Gasteiger partial charge in [-0.2, -0.15) is 0 Å². The minimum atomic E-state index is 0.756. The van der Waals surface area contributed by atoms with E-state index in [0.29, 0.717) is 0 Å². The molecule has 1 N–H and O–H groups in total. The Morgan fingerprint density at radius 1 is 1.31 bits per heavy atom. The lowest BCUT2D eigenvalue weighted by atomic mass is 10.1. The molecule has 0 radical (unpaired) electrons. The lowest BCUT2D eigenvalue weighted by Crippen LogP contribution is -1.93. The predicted molar refractivity (Wildman–Crippen MR) is 56.1 cm³/mol. The molecule has 0 bridgehead atoms. The first-order valence-electron chi connectivity index (χ1n) is 3.82. The van der Waals surface area contributed by atoms with Crippen LogP contribution >= 0.6 is 22.6 Å². The van der Waals surface area contributed by atoms with Gasteiger partial charge in [-0.3, -0.25) is 0 Å². The maximum absolute atomic E-state index is 3.83. The Morgan fingerprint density at radius 3 is 2.85 bits per heavy atom. The number of nitrogens with zero attached hydrogens (tertiary/aromatic N) is 3. The van der Waals surface area contributed by atoms with Crippen LogP contribution in [0.2, 0.25) is 0 Å². The molecule has 0 aliphatic carbocycles. The van der Waals surface area contributed by atoms with Crippen molar-refractivity contribution in [2.75, 3.05) is 0 Å². The van der Waals surface area contributed by atoms with Crippen LogP contribution < -0.4 is 0 Å². The molecule has 0 spiro atoms. The minimum absolute atomic E-state index is 0.756. The number of benzene rings is 1. The molecule has 0 fully saturated rings. The van der Waals surface area contributed by atoms with Gasteiger partial charge in [-0.15, -0.1) is 5.10 Å². The largest absolute Gasteiger partial charge is 0.243 e. The smallest absolute Gasteiger partial charge is 0.152 e. The van der Waals surface area contributed by atoms with Crippen LogP contribution in [0.3, 0.4) is 0 Å². The molecule has 0 aliphatic rings. The van der Waals surface area contributed by atoms with Crippen LogP contribution in [0.15, 0.2) is 24.3 Å². The highest BCUT2D eigenvalue weighted by molar-refractivity contribution is 14.1. The van der Waals surface area contributed by atoms with Crippen molar-refractivity contribution < 1.29 is 0 Å². The Bertz CT molecular complexity index is 385. The summed E-state index contributed by atoms with van der Waals surface area (Å²) in [5.74, 6) is 0.795. The van der Waals surface area contributed by atoms with Gasteiger partial charge in [-0.1, -0.05) is 18.2 Å². The van der Waals surface area contributed by atoms with Gasteiger partial charge in [0.2, 0.25) is 0 Å². The first-order valence-corrected chi connectivity index (χ1v) is 4.90. The van der Waals surface area contributed by atoms with Crippen LogP contribution in [0.5, 0.6) is 0 Å². The predicted octanol–water partition coefficient (Wildman–Crippen LogP) is 1.40. The first kappa shape index (κ1) is 8.61. The number of hydrogen-bond acceptors (Lipinski definition) is 3. The van der Waals surface area contributed by atoms with E-state index in [4.69, 9.17) is 0 Å². The number of H-pyrrole nitrogens is 1. The summed E-state index contributed by atoms with van der Waals surface area (Å²) in [6.07, 6.45) is 0.756. The van der Waals surface area contributed by atoms with Crippen molar-refractivity contribution in [1.82, 2.24) is 20.6 Å². The molecule has 2 aromatic rings. The average molecular weight is 286 g/mol. The number of aromatic amines is 1. The normalized spacial score (nSPS) is 10.2. The van der Waals surface area contributed by atoms with E-state index in [1.54, 1.807) is 0 Å². The number of rotatable bonds is 2. The second kappa shape index (κ2) is 3.82. The maximum Gasteiger partial charge on any atom is 0.152 e. The molecule has 0 atom stereocenters. The van der Waals surface area contributed by atoms with Crippen LogP contribution in [-0.2, 0) is 6.42 Å². The Hall–Kier alpha value is -0.980. The van der Waals surface area contributed by atoms with E-state index in [1.807, 2.05) is 12.1 Å². The molecule has 13 heavy (non-hydrogen) atoms. The summed E-state index contributed by atoms with van der Waals surface area (Å²) in [7, 11) is 0. The second-order valence-corrected chi connectivity index (χ2v) is 3.78. The zero-order valence-electron chi connectivity index (χ0n) is 6.74. The summed E-state index contributed by atoms with van der Waals surface area (Å²) in [5.41, 5.74) is 1.24. The SMILES string of the molecule is Ic1ccccc1Cc1nnn[nH]1. The number of hydrogen-bond donors (Lipinski definition) is 1. The van der Waals surface area contributed by atoms with Gasteiger partial charge in [0.1, 0.15) is 0 Å². The van der Waals surface area contributed by atoms with Crippen molar-refractivity contribution >= 4 is 22.6 Å². The third kappa shape index (κ3) is 2.03. The van der Waals surface area contributed by atoms with E-state index in [-0.39, 0.29) is 0 Å². The van der Waals surface area contributed by atoms with E-state index >= 15 is 0 Å². The van der Waals surface area contributed by atoms with Crippen molar-refractivity contribution in [3.63, 3.8) is 0 Å². The van der Waals surface area contributed by atoms with Gasteiger partial charge in [0, 0.05) is 9.99 Å². The fraction of sp³-hybridized carbons (Fsp3) is 0.125. The summed E-state index contributed by atoms with van der Waals surface area (Å²) in [4.78, 5) is 0. The molecule has 1 aromatic heterocycles. The molecule has 0 saturated heterocycles. The summed E-state index contributed by atoms with van der Waals surface area (Å²) >= 11 is 2.30. The second-order valence-electron chi connectivity index (χ2n) is 2.62. The van der Waals surface area contributed by atoms with Crippen molar-refractivity contribution in [3.05, 3.63) is 39.2 Å². The van der Waals surface area contributed by atoms with Gasteiger partial charge >= 0.3 is 0 Å². The molecule has 1 heterocycles. The van der Waals surface area contributed by atoms with Gasteiger partial charge in [0.05, 0.1) is 0 Å². The molecule has 66 valence electrons. The lowest BCUT2D eigenvalue weighted by Gasteiger charge is -1.99. The Balaban J connectivity index is 2.24. The molecule has 2 rings (SSSR count). The number of tetrazole rings is 1. The van der Waals surface area contributed by atoms with Crippen LogP contribution in [0, 0.1) is 3.57 Å². The fourth-order valence-electron chi connectivity index (χ4n) is 1.08. The summed E-state index contributed by atoms with van der Waals surface area (Å²) in [5, 5.41) is 13.6. The van der Waals surface area contributed by atoms with Crippen LogP contribution in [0.4, 0.5) is 0 Å². The van der Waals surface area contributed by atoms with Crippen LogP contribution in [0.1, 0.15) is 11.4 Å². The van der Waals surface area contributed by atoms with Crippen molar-refractivity contribution in [2.45, 2.75) is 6.42 Å². The molecular weight excluding hydrogens is 279 g/mol. The summed E-state index contributed by atoms with van der Waals surface area (Å²) in [6.45, 7) is 0. The highest BCUT2D eigenvalue weighted by Crippen LogP contribution is 2.13. The Morgan fingerprint density at radius 2 is 2.15 bits per heavy atom. The molecule has 0 saturated carbocycles. The van der Waals surface area contributed by atoms with Crippen LogP contribution in [-0.4, -0.2) is 20.6 Å². The van der Waals surface area contributed by atoms with E-state index in [2.05, 4.69) is 55.3 Å². The van der Waals surface area contributed by atoms with Gasteiger partial charge in [-0.25, -0.2) is 5.10 Å². The monoisotopic (exact) mass is 286 g/mol. The molecule has 0 unspecified atom stereocenters. The summed E-state index contributed by atoms with van der Waals surface area (Å²) < 4.78 is 1.23. The van der Waals surface area contributed by atoms with E-state index < -0.39 is 0 Å². The van der Waals surface area contributed by atoms with Crippen molar-refractivity contribution in [2.24, 2.45) is 0 Å². The van der Waals surface area contributed by atoms with Gasteiger partial charge in [0.15, 0.2) is 5.82 Å². The Kier molecular flexibility index (Phi) is 2.53. The van der Waals surface area contributed by atoms with E-state index in [0.717, 1.165) is 12.2 Å².